The molecule has 0 heterocycles. The van der Waals surface area contributed by atoms with E-state index in [1.165, 1.54) is 35.2 Å². The van der Waals surface area contributed by atoms with Gasteiger partial charge in [0, 0.05) is 22.6 Å². The molecule has 3 aromatic rings. The molecule has 3 aromatic carbocycles. The second-order valence-corrected chi connectivity index (χ2v) is 11.7. The average Bonchev–Trinajstić information content (AvgIpc) is 2.91. The van der Waals surface area contributed by atoms with Gasteiger partial charge in [0.25, 0.3) is 10.0 Å². The van der Waals surface area contributed by atoms with E-state index in [1.54, 1.807) is 55.5 Å². The molecule has 0 aliphatic rings. The summed E-state index contributed by atoms with van der Waals surface area (Å²) < 4.78 is 43.7. The number of carbonyl (C=O) groups excluding carboxylic acids is 2. The van der Waals surface area contributed by atoms with E-state index in [4.69, 9.17) is 0 Å². The Balaban J connectivity index is 2.02. The number of amides is 2. The number of halogens is 2. The molecule has 0 aromatic heterocycles. The van der Waals surface area contributed by atoms with Crippen LogP contribution in [0.2, 0.25) is 0 Å². The number of nitrogens with zero attached hydrogens (tertiary/aromatic N) is 2. The normalized spacial score (nSPS) is 12.9. The third-order valence-corrected chi connectivity index (χ3v) is 8.51. The van der Waals surface area contributed by atoms with Crippen molar-refractivity contribution < 1.29 is 22.4 Å². The molecular weight excluding hydrogens is 573 g/mol. The summed E-state index contributed by atoms with van der Waals surface area (Å²) in [4.78, 5) is 28.0. The standard InChI is InChI=1S/C28H31BrFN3O4S/c1-4-20(2)31-28(35)21(3)32(18-22-10-8-9-13-26(22)30)27(34)19-33(24-16-14-23(29)15-17-24)38(36,37)25-11-6-5-7-12-25/h5-17,20-21H,4,18-19H2,1-3H3,(H,31,35). The molecule has 0 saturated carbocycles. The summed E-state index contributed by atoms with van der Waals surface area (Å²) in [7, 11) is -4.15. The second-order valence-electron chi connectivity index (χ2n) is 8.91. The highest BCUT2D eigenvalue weighted by molar-refractivity contribution is 9.10. The van der Waals surface area contributed by atoms with Gasteiger partial charge >= 0.3 is 0 Å². The Morgan fingerprint density at radius 2 is 1.55 bits per heavy atom. The molecule has 2 atom stereocenters. The molecule has 0 spiro atoms. The monoisotopic (exact) mass is 603 g/mol. The van der Waals surface area contributed by atoms with E-state index in [2.05, 4.69) is 21.2 Å². The van der Waals surface area contributed by atoms with E-state index < -0.39 is 40.2 Å². The molecular formula is C28H31BrFN3O4S. The topological polar surface area (TPSA) is 86.8 Å². The number of hydrogen-bond acceptors (Lipinski definition) is 4. The van der Waals surface area contributed by atoms with Crippen molar-refractivity contribution in [2.75, 3.05) is 10.8 Å². The number of anilines is 1. The Morgan fingerprint density at radius 1 is 0.947 bits per heavy atom. The first-order valence-electron chi connectivity index (χ1n) is 12.2. The molecule has 0 aliphatic heterocycles. The van der Waals surface area contributed by atoms with E-state index in [-0.39, 0.29) is 28.7 Å². The Morgan fingerprint density at radius 3 is 2.16 bits per heavy atom. The van der Waals surface area contributed by atoms with E-state index in [0.29, 0.717) is 6.42 Å². The van der Waals surface area contributed by atoms with Crippen LogP contribution < -0.4 is 9.62 Å². The summed E-state index contributed by atoms with van der Waals surface area (Å²) >= 11 is 3.35. The van der Waals surface area contributed by atoms with E-state index >= 15 is 0 Å². The zero-order chi connectivity index (χ0) is 27.9. The Hall–Kier alpha value is -3.24. The highest BCUT2D eigenvalue weighted by Gasteiger charge is 2.33. The van der Waals surface area contributed by atoms with Gasteiger partial charge in [0.1, 0.15) is 18.4 Å². The lowest BCUT2D eigenvalue weighted by atomic mass is 10.1. The van der Waals surface area contributed by atoms with Crippen LogP contribution in [0.25, 0.3) is 0 Å². The van der Waals surface area contributed by atoms with Crippen LogP contribution in [0.5, 0.6) is 0 Å². The van der Waals surface area contributed by atoms with Crippen molar-refractivity contribution in [1.82, 2.24) is 10.2 Å². The van der Waals surface area contributed by atoms with Crippen LogP contribution >= 0.6 is 15.9 Å². The highest BCUT2D eigenvalue weighted by atomic mass is 79.9. The summed E-state index contributed by atoms with van der Waals surface area (Å²) in [5.74, 6) is -1.59. The van der Waals surface area contributed by atoms with E-state index in [9.17, 15) is 22.4 Å². The van der Waals surface area contributed by atoms with Crippen LogP contribution in [0.15, 0.2) is 88.2 Å². The van der Waals surface area contributed by atoms with E-state index in [1.807, 2.05) is 13.8 Å². The zero-order valence-electron chi connectivity index (χ0n) is 21.5. The van der Waals surface area contributed by atoms with Gasteiger partial charge in [0.05, 0.1) is 10.6 Å². The Bertz CT molecular complexity index is 1350. The number of nitrogens with one attached hydrogen (secondary N) is 1. The number of hydrogen-bond donors (Lipinski definition) is 1. The fourth-order valence-electron chi connectivity index (χ4n) is 3.71. The maximum atomic E-state index is 14.6. The molecule has 3 rings (SSSR count). The highest BCUT2D eigenvalue weighted by Crippen LogP contribution is 2.26. The summed E-state index contributed by atoms with van der Waals surface area (Å²) in [5, 5.41) is 2.85. The predicted octanol–water partition coefficient (Wildman–Crippen LogP) is 5.12. The van der Waals surface area contributed by atoms with Gasteiger partial charge in [-0.25, -0.2) is 12.8 Å². The largest absolute Gasteiger partial charge is 0.352 e. The fraction of sp³-hybridized carbons (Fsp3) is 0.286. The minimum atomic E-state index is -4.15. The molecule has 1 N–H and O–H groups in total. The fourth-order valence-corrected chi connectivity index (χ4v) is 5.41. The van der Waals surface area contributed by atoms with Gasteiger partial charge in [0.2, 0.25) is 11.8 Å². The second kappa shape index (κ2) is 13.0. The first kappa shape index (κ1) is 29.3. The lowest BCUT2D eigenvalue weighted by Crippen LogP contribution is -2.52. The van der Waals surface area contributed by atoms with Gasteiger partial charge in [-0.1, -0.05) is 59.3 Å². The maximum Gasteiger partial charge on any atom is 0.264 e. The van der Waals surface area contributed by atoms with Crippen LogP contribution in [0.1, 0.15) is 32.8 Å². The summed E-state index contributed by atoms with van der Waals surface area (Å²) in [6.07, 6.45) is 0.687. The van der Waals surface area contributed by atoms with Crippen molar-refractivity contribution in [1.29, 1.82) is 0 Å². The Kier molecular flexibility index (Phi) is 10.0. The van der Waals surface area contributed by atoms with Gasteiger partial charge in [-0.05, 0) is 62.7 Å². The molecule has 0 bridgehead atoms. The van der Waals surface area contributed by atoms with Crippen molar-refractivity contribution >= 4 is 43.5 Å². The van der Waals surface area contributed by atoms with Crippen molar-refractivity contribution in [2.24, 2.45) is 0 Å². The maximum absolute atomic E-state index is 14.6. The summed E-state index contributed by atoms with van der Waals surface area (Å²) in [6, 6.07) is 19.2. The van der Waals surface area contributed by atoms with Crippen molar-refractivity contribution in [3.05, 3.63) is 94.7 Å². The van der Waals surface area contributed by atoms with Gasteiger partial charge in [-0.2, -0.15) is 0 Å². The average molecular weight is 605 g/mol. The first-order chi connectivity index (χ1) is 18.0. The first-order valence-corrected chi connectivity index (χ1v) is 14.4. The third-order valence-electron chi connectivity index (χ3n) is 6.19. The lowest BCUT2D eigenvalue weighted by Gasteiger charge is -2.32. The minimum Gasteiger partial charge on any atom is -0.352 e. The van der Waals surface area contributed by atoms with Crippen LogP contribution in [0.3, 0.4) is 0 Å². The van der Waals surface area contributed by atoms with Crippen LogP contribution in [-0.2, 0) is 26.2 Å². The van der Waals surface area contributed by atoms with Gasteiger partial charge in [0.15, 0.2) is 0 Å². The molecule has 7 nitrogen and oxygen atoms in total. The predicted molar refractivity (Wildman–Crippen MR) is 149 cm³/mol. The molecule has 38 heavy (non-hydrogen) atoms. The number of sulfonamides is 1. The quantitative estimate of drug-likeness (QED) is 0.330. The molecule has 0 aliphatic carbocycles. The zero-order valence-corrected chi connectivity index (χ0v) is 23.9. The minimum absolute atomic E-state index is 0.0129. The van der Waals surface area contributed by atoms with Gasteiger partial charge < -0.3 is 10.2 Å². The van der Waals surface area contributed by atoms with Crippen molar-refractivity contribution in [3.63, 3.8) is 0 Å². The number of benzene rings is 3. The lowest BCUT2D eigenvalue weighted by molar-refractivity contribution is -0.139. The Labute approximate surface area is 231 Å². The third kappa shape index (κ3) is 7.20. The SMILES string of the molecule is CCC(C)NC(=O)C(C)N(Cc1ccccc1F)C(=O)CN(c1ccc(Br)cc1)S(=O)(=O)c1ccccc1. The van der Waals surface area contributed by atoms with Crippen LogP contribution in [0.4, 0.5) is 10.1 Å². The molecule has 0 radical (unpaired) electrons. The van der Waals surface area contributed by atoms with Crippen LogP contribution in [-0.4, -0.2) is 43.8 Å². The summed E-state index contributed by atoms with van der Waals surface area (Å²) in [6.45, 7) is 4.51. The van der Waals surface area contributed by atoms with Crippen molar-refractivity contribution in [2.45, 2.75) is 50.7 Å². The smallest absolute Gasteiger partial charge is 0.264 e. The molecule has 0 saturated heterocycles. The molecule has 2 amide bonds. The number of carbonyl (C=O) groups is 2. The molecule has 202 valence electrons. The summed E-state index contributed by atoms with van der Waals surface area (Å²) in [5.41, 5.74) is 0.484. The molecule has 0 fully saturated rings. The van der Waals surface area contributed by atoms with Gasteiger partial charge in [-0.15, -0.1) is 0 Å². The van der Waals surface area contributed by atoms with Crippen molar-refractivity contribution in [3.8, 4) is 0 Å². The van der Waals surface area contributed by atoms with E-state index in [0.717, 1.165) is 8.78 Å². The number of rotatable bonds is 11. The molecule has 2 unspecified atom stereocenters. The molecule has 10 heteroatoms. The van der Waals surface area contributed by atoms with Gasteiger partial charge in [-0.3, -0.25) is 13.9 Å². The van der Waals surface area contributed by atoms with Crippen LogP contribution in [0, 0.1) is 5.82 Å².